The molecular formula is C14H16BrClN2O2. The summed E-state index contributed by atoms with van der Waals surface area (Å²) >= 11 is 9.35. The number of rotatable bonds is 2. The normalized spacial score (nSPS) is 21.9. The number of carbonyl (C=O) groups excluding carboxylic acids is 2. The van der Waals surface area contributed by atoms with E-state index in [1.165, 1.54) is 0 Å². The maximum absolute atomic E-state index is 12.7. The molecule has 0 bridgehead atoms. The summed E-state index contributed by atoms with van der Waals surface area (Å²) in [5, 5.41) is 3.34. The van der Waals surface area contributed by atoms with E-state index in [0.29, 0.717) is 21.6 Å². The first kappa shape index (κ1) is 15.3. The van der Waals surface area contributed by atoms with E-state index in [0.717, 1.165) is 0 Å². The molecule has 0 radical (unpaired) electrons. The van der Waals surface area contributed by atoms with E-state index in [1.54, 1.807) is 36.9 Å². The average molecular weight is 360 g/mol. The first-order valence-electron chi connectivity index (χ1n) is 6.38. The Morgan fingerprint density at radius 2 is 2.05 bits per heavy atom. The minimum absolute atomic E-state index is 0.132. The summed E-state index contributed by atoms with van der Waals surface area (Å²) in [5.74, 6) is -0.272. The molecule has 20 heavy (non-hydrogen) atoms. The van der Waals surface area contributed by atoms with Crippen molar-refractivity contribution in [3.8, 4) is 0 Å². The fourth-order valence-electron chi connectivity index (χ4n) is 2.33. The van der Waals surface area contributed by atoms with Crippen LogP contribution in [0, 0.1) is 0 Å². The largest absolute Gasteiger partial charge is 0.340 e. The lowest BCUT2D eigenvalue weighted by Gasteiger charge is -2.42. The Bertz CT molecular complexity index is 574. The molecule has 2 rings (SSSR count). The standard InChI is InChI=1S/C14H16BrClN2O2/c1-4-10-12(19)17-14(2,3)13(20)18(10)11-6-5-8(16)7-9(11)15/h5-7,10H,4H2,1-3H3,(H,17,19). The number of carbonyl (C=O) groups is 2. The summed E-state index contributed by atoms with van der Waals surface area (Å²) < 4.78 is 0.697. The van der Waals surface area contributed by atoms with Crippen LogP contribution in [-0.4, -0.2) is 23.4 Å². The summed E-state index contributed by atoms with van der Waals surface area (Å²) in [7, 11) is 0. The zero-order valence-electron chi connectivity index (χ0n) is 11.5. The molecule has 0 spiro atoms. The second kappa shape index (κ2) is 5.37. The molecule has 1 aliphatic heterocycles. The number of nitrogens with one attached hydrogen (secondary N) is 1. The highest BCUT2D eigenvalue weighted by Gasteiger charge is 2.45. The Morgan fingerprint density at radius 3 is 2.60 bits per heavy atom. The molecule has 1 aliphatic rings. The molecule has 0 saturated carbocycles. The van der Waals surface area contributed by atoms with E-state index in [1.807, 2.05) is 6.92 Å². The summed E-state index contributed by atoms with van der Waals surface area (Å²) in [6, 6.07) is 4.67. The Labute approximate surface area is 131 Å². The third-order valence-electron chi connectivity index (χ3n) is 3.36. The van der Waals surface area contributed by atoms with E-state index in [9.17, 15) is 9.59 Å². The van der Waals surface area contributed by atoms with Crippen LogP contribution in [0.5, 0.6) is 0 Å². The molecule has 1 saturated heterocycles. The second-order valence-electron chi connectivity index (χ2n) is 5.31. The van der Waals surface area contributed by atoms with Gasteiger partial charge < -0.3 is 5.32 Å². The lowest BCUT2D eigenvalue weighted by molar-refractivity contribution is -0.137. The van der Waals surface area contributed by atoms with Gasteiger partial charge in [0.15, 0.2) is 0 Å². The van der Waals surface area contributed by atoms with Crippen molar-refractivity contribution in [2.75, 3.05) is 4.90 Å². The molecule has 1 unspecified atom stereocenters. The summed E-state index contributed by atoms with van der Waals surface area (Å²) in [5.41, 5.74) is -0.254. The summed E-state index contributed by atoms with van der Waals surface area (Å²) in [4.78, 5) is 26.4. The average Bonchev–Trinajstić information content (AvgIpc) is 2.34. The molecule has 1 fully saturated rings. The minimum Gasteiger partial charge on any atom is -0.340 e. The van der Waals surface area contributed by atoms with Gasteiger partial charge in [-0.3, -0.25) is 14.5 Å². The van der Waals surface area contributed by atoms with Crippen LogP contribution in [0.15, 0.2) is 22.7 Å². The van der Waals surface area contributed by atoms with Gasteiger partial charge in [-0.05, 0) is 54.4 Å². The van der Waals surface area contributed by atoms with Gasteiger partial charge >= 0.3 is 0 Å². The van der Waals surface area contributed by atoms with Crippen molar-refractivity contribution < 1.29 is 9.59 Å². The van der Waals surface area contributed by atoms with Crippen molar-refractivity contribution >= 4 is 45.0 Å². The third-order valence-corrected chi connectivity index (χ3v) is 4.23. The van der Waals surface area contributed by atoms with E-state index >= 15 is 0 Å². The molecule has 4 nitrogen and oxygen atoms in total. The zero-order valence-corrected chi connectivity index (χ0v) is 13.9. The van der Waals surface area contributed by atoms with Gasteiger partial charge in [0.2, 0.25) is 5.91 Å². The quantitative estimate of drug-likeness (QED) is 0.882. The molecule has 1 aromatic carbocycles. The van der Waals surface area contributed by atoms with Crippen molar-refractivity contribution in [2.45, 2.75) is 38.8 Å². The Hall–Kier alpha value is -1.07. The maximum atomic E-state index is 12.7. The molecular weight excluding hydrogens is 344 g/mol. The smallest absolute Gasteiger partial charge is 0.252 e. The van der Waals surface area contributed by atoms with E-state index in [4.69, 9.17) is 11.6 Å². The van der Waals surface area contributed by atoms with E-state index in [-0.39, 0.29) is 11.8 Å². The van der Waals surface area contributed by atoms with Gasteiger partial charge in [0.05, 0.1) is 5.69 Å². The predicted molar refractivity (Wildman–Crippen MR) is 82.9 cm³/mol. The van der Waals surface area contributed by atoms with Crippen LogP contribution in [0.2, 0.25) is 5.02 Å². The molecule has 1 atom stereocenters. The lowest BCUT2D eigenvalue weighted by Crippen LogP contribution is -2.68. The van der Waals surface area contributed by atoms with E-state index in [2.05, 4.69) is 21.2 Å². The van der Waals surface area contributed by atoms with Crippen LogP contribution in [-0.2, 0) is 9.59 Å². The van der Waals surface area contributed by atoms with Crippen molar-refractivity contribution in [2.24, 2.45) is 0 Å². The van der Waals surface area contributed by atoms with Crippen LogP contribution in [0.3, 0.4) is 0 Å². The number of hydrogen-bond donors (Lipinski definition) is 1. The van der Waals surface area contributed by atoms with Crippen molar-refractivity contribution in [1.29, 1.82) is 0 Å². The zero-order chi connectivity index (χ0) is 15.1. The number of anilines is 1. The van der Waals surface area contributed by atoms with Gasteiger partial charge in [0.25, 0.3) is 5.91 Å². The molecule has 2 amide bonds. The number of hydrogen-bond acceptors (Lipinski definition) is 2. The number of nitrogens with zero attached hydrogens (tertiary/aromatic N) is 1. The van der Waals surface area contributed by atoms with Crippen molar-refractivity contribution in [1.82, 2.24) is 5.32 Å². The molecule has 0 aromatic heterocycles. The first-order valence-corrected chi connectivity index (χ1v) is 7.55. The van der Waals surface area contributed by atoms with Gasteiger partial charge in [-0.2, -0.15) is 0 Å². The number of halogens is 2. The SMILES string of the molecule is CCC1C(=O)NC(C)(C)C(=O)N1c1ccc(Cl)cc1Br. The highest BCUT2D eigenvalue weighted by molar-refractivity contribution is 9.10. The Morgan fingerprint density at radius 1 is 1.40 bits per heavy atom. The highest BCUT2D eigenvalue weighted by atomic mass is 79.9. The third kappa shape index (κ3) is 2.56. The maximum Gasteiger partial charge on any atom is 0.252 e. The minimum atomic E-state index is -0.915. The lowest BCUT2D eigenvalue weighted by atomic mass is 9.95. The Kier molecular flexibility index (Phi) is 4.12. The van der Waals surface area contributed by atoms with Gasteiger partial charge in [-0.1, -0.05) is 18.5 Å². The van der Waals surface area contributed by atoms with Gasteiger partial charge in [0.1, 0.15) is 11.6 Å². The number of amides is 2. The van der Waals surface area contributed by atoms with Crippen LogP contribution in [0.4, 0.5) is 5.69 Å². The van der Waals surface area contributed by atoms with Crippen molar-refractivity contribution in [3.05, 3.63) is 27.7 Å². The molecule has 108 valence electrons. The van der Waals surface area contributed by atoms with Crippen molar-refractivity contribution in [3.63, 3.8) is 0 Å². The molecule has 0 aliphatic carbocycles. The molecule has 1 aromatic rings. The fourth-order valence-corrected chi connectivity index (χ4v) is 3.20. The highest BCUT2D eigenvalue weighted by Crippen LogP contribution is 2.34. The molecule has 1 N–H and O–H groups in total. The second-order valence-corrected chi connectivity index (χ2v) is 6.60. The first-order chi connectivity index (χ1) is 9.27. The molecule has 1 heterocycles. The van der Waals surface area contributed by atoms with Crippen LogP contribution in [0.1, 0.15) is 27.2 Å². The number of benzene rings is 1. The topological polar surface area (TPSA) is 49.4 Å². The summed E-state index contributed by atoms with van der Waals surface area (Å²) in [6.45, 7) is 5.29. The predicted octanol–water partition coefficient (Wildman–Crippen LogP) is 3.12. The fraction of sp³-hybridized carbons (Fsp3) is 0.429. The van der Waals surface area contributed by atoms with Crippen LogP contribution < -0.4 is 10.2 Å². The van der Waals surface area contributed by atoms with E-state index < -0.39 is 11.6 Å². The number of piperazine rings is 1. The summed E-state index contributed by atoms with van der Waals surface area (Å²) in [6.07, 6.45) is 0.544. The van der Waals surface area contributed by atoms with Gasteiger partial charge in [-0.15, -0.1) is 0 Å². The molecule has 6 heteroatoms. The van der Waals surface area contributed by atoms with Crippen LogP contribution >= 0.6 is 27.5 Å². The Balaban J connectivity index is 2.54. The monoisotopic (exact) mass is 358 g/mol. The van der Waals surface area contributed by atoms with Gasteiger partial charge in [-0.25, -0.2) is 0 Å². The van der Waals surface area contributed by atoms with Crippen LogP contribution in [0.25, 0.3) is 0 Å². The van der Waals surface area contributed by atoms with Gasteiger partial charge in [0, 0.05) is 9.50 Å².